The molecule has 5 N–H and O–H groups in total. The topological polar surface area (TPSA) is 196 Å². The average Bonchev–Trinajstić information content (AvgIpc) is 4.26. The molecule has 10 rings (SSSR count). The molecule has 6 heterocycles. The van der Waals surface area contributed by atoms with Crippen molar-refractivity contribution in [3.05, 3.63) is 95.8 Å². The van der Waals surface area contributed by atoms with Gasteiger partial charge in [-0.1, -0.05) is 48.5 Å². The molecule has 5 aromatic rings. The molecule has 4 fully saturated rings. The number of hydrogen-bond donors (Lipinski definition) is 5. The second-order valence-corrected chi connectivity index (χ2v) is 18.7. The minimum Gasteiger partial charge on any atom is -0.453 e. The summed E-state index contributed by atoms with van der Waals surface area (Å²) in [6.07, 6.45) is 6.91. The summed E-state index contributed by atoms with van der Waals surface area (Å²) in [6, 6.07) is 16.1. The first kappa shape index (κ1) is 46.5. The zero-order valence-electron chi connectivity index (χ0n) is 38.7. The molecule has 69 heavy (non-hydrogen) atoms. The second kappa shape index (κ2) is 19.7. The summed E-state index contributed by atoms with van der Waals surface area (Å²) in [4.78, 5) is 58.7. The van der Waals surface area contributed by atoms with Crippen molar-refractivity contribution < 1.29 is 47.2 Å². The number of aromatic nitrogens is 4. The number of ether oxygens (including phenoxy) is 4. The first-order valence-electron chi connectivity index (χ1n) is 24.0. The molecular formula is C51H58F2N8O8. The van der Waals surface area contributed by atoms with Crippen LogP contribution in [-0.4, -0.2) is 125 Å². The molecule has 16 nitrogen and oxygen atoms in total. The Hall–Kier alpha value is -6.21. The molecule has 364 valence electrons. The lowest BCUT2D eigenvalue weighted by molar-refractivity contribution is -0.136. The molecule has 2 unspecified atom stereocenters. The van der Waals surface area contributed by atoms with Crippen LogP contribution in [0, 0.1) is 11.8 Å². The van der Waals surface area contributed by atoms with Crippen LogP contribution in [-0.2, 0) is 29.7 Å². The maximum absolute atomic E-state index is 16.6. The van der Waals surface area contributed by atoms with Gasteiger partial charge >= 0.3 is 12.2 Å². The predicted octanol–water partition coefficient (Wildman–Crippen LogP) is 7.68. The van der Waals surface area contributed by atoms with Crippen molar-refractivity contribution in [3.63, 3.8) is 0 Å². The summed E-state index contributed by atoms with van der Waals surface area (Å²) < 4.78 is 54.0. The first-order valence-corrected chi connectivity index (χ1v) is 24.0. The zero-order chi connectivity index (χ0) is 47.8. The number of nitrogens with zero attached hydrogens (tertiary/aromatic N) is 4. The smallest absolute Gasteiger partial charge is 0.407 e. The van der Waals surface area contributed by atoms with Gasteiger partial charge < -0.3 is 49.6 Å². The normalized spacial score (nSPS) is 21.8. The van der Waals surface area contributed by atoms with E-state index in [0.29, 0.717) is 111 Å². The third-order valence-corrected chi connectivity index (χ3v) is 14.9. The fourth-order valence-electron chi connectivity index (χ4n) is 11.1. The van der Waals surface area contributed by atoms with Crippen molar-refractivity contribution >= 4 is 18.1 Å². The van der Waals surface area contributed by atoms with E-state index in [2.05, 4.69) is 25.6 Å². The number of rotatable bonds is 12. The lowest BCUT2D eigenvalue weighted by atomic mass is 9.90. The fraction of sp³-hybridized carbons (Fsp3) is 0.471. The molecule has 5 atom stereocenters. The zero-order valence-corrected chi connectivity index (χ0v) is 38.7. The number of aromatic amines is 2. The van der Waals surface area contributed by atoms with Crippen molar-refractivity contribution in [1.82, 2.24) is 40.4 Å². The molecule has 18 heteroatoms. The number of benzene rings is 3. The van der Waals surface area contributed by atoms with Gasteiger partial charge in [0.2, 0.25) is 5.91 Å². The van der Waals surface area contributed by atoms with Gasteiger partial charge in [0.25, 0.3) is 5.92 Å². The van der Waals surface area contributed by atoms with E-state index in [-0.39, 0.29) is 41.0 Å². The molecule has 2 aromatic heterocycles. The molecule has 3 aromatic carbocycles. The van der Waals surface area contributed by atoms with E-state index in [0.717, 1.165) is 36.1 Å². The Kier molecular flexibility index (Phi) is 13.2. The highest BCUT2D eigenvalue weighted by molar-refractivity contribution is 5.87. The Morgan fingerprint density at radius 1 is 0.696 bits per heavy atom. The third-order valence-electron chi connectivity index (χ3n) is 14.9. The molecule has 1 aliphatic carbocycles. The largest absolute Gasteiger partial charge is 0.453 e. The second-order valence-electron chi connectivity index (χ2n) is 18.7. The summed E-state index contributed by atoms with van der Waals surface area (Å²) in [5.74, 6) is -2.28. The van der Waals surface area contributed by atoms with Gasteiger partial charge in [0.05, 0.1) is 56.1 Å². The first-order chi connectivity index (χ1) is 33.5. The molecule has 5 aliphatic rings. The van der Waals surface area contributed by atoms with Crippen LogP contribution >= 0.6 is 0 Å². The van der Waals surface area contributed by atoms with Gasteiger partial charge in [-0.05, 0) is 103 Å². The van der Waals surface area contributed by atoms with Gasteiger partial charge in [0.1, 0.15) is 23.9 Å². The summed E-state index contributed by atoms with van der Waals surface area (Å²) in [5.41, 5.74) is 4.97. The minimum atomic E-state index is -3.27. The average molecular weight is 949 g/mol. The van der Waals surface area contributed by atoms with Crippen molar-refractivity contribution in [2.75, 3.05) is 53.7 Å². The minimum absolute atomic E-state index is 0.0276. The number of H-pyrrole nitrogens is 2. The maximum Gasteiger partial charge on any atom is 0.407 e. The van der Waals surface area contributed by atoms with E-state index in [1.807, 2.05) is 41.3 Å². The van der Waals surface area contributed by atoms with Crippen LogP contribution in [0.15, 0.2) is 73.1 Å². The maximum atomic E-state index is 16.6. The number of nitrogens with one attached hydrogen (secondary N) is 4. The molecule has 0 saturated carbocycles. The van der Waals surface area contributed by atoms with E-state index in [1.54, 1.807) is 35.5 Å². The number of methoxy groups -OCH3 is 2. The summed E-state index contributed by atoms with van der Waals surface area (Å²) in [6.45, 7) is 3.28. The highest BCUT2D eigenvalue weighted by atomic mass is 19.3. The van der Waals surface area contributed by atoms with Gasteiger partial charge in [0.15, 0.2) is 0 Å². The highest BCUT2D eigenvalue weighted by Crippen LogP contribution is 2.53. The van der Waals surface area contributed by atoms with E-state index < -0.39 is 36.4 Å². The van der Waals surface area contributed by atoms with Crippen LogP contribution in [0.1, 0.15) is 86.2 Å². The Bertz CT molecular complexity index is 2660. The van der Waals surface area contributed by atoms with Crippen LogP contribution in [0.5, 0.6) is 0 Å². The number of imidazole rings is 2. The van der Waals surface area contributed by atoms with Crippen LogP contribution in [0.4, 0.5) is 18.4 Å². The Morgan fingerprint density at radius 2 is 1.22 bits per heavy atom. The number of aliphatic hydroxyl groups excluding tert-OH is 1. The summed E-state index contributed by atoms with van der Waals surface area (Å²) in [7, 11) is 2.58. The van der Waals surface area contributed by atoms with Crippen molar-refractivity contribution in [3.8, 4) is 44.8 Å². The number of fused-ring (bicyclic) bond motifs is 3. The number of likely N-dealkylation sites (tertiary alicyclic amines) is 2. The quantitative estimate of drug-likeness (QED) is 0.0823. The van der Waals surface area contributed by atoms with Gasteiger partial charge in [-0.2, -0.15) is 8.78 Å². The number of hydrogen-bond acceptors (Lipinski definition) is 11. The number of carbonyl (C=O) groups is 3. The van der Waals surface area contributed by atoms with Gasteiger partial charge in [0, 0.05) is 56.2 Å². The lowest BCUT2D eigenvalue weighted by Crippen LogP contribution is -2.56. The van der Waals surface area contributed by atoms with Crippen LogP contribution in [0.2, 0.25) is 0 Å². The van der Waals surface area contributed by atoms with Crippen LogP contribution in [0.3, 0.4) is 0 Å². The Balaban J connectivity index is 0.826. The molecule has 0 bridgehead atoms. The number of alkyl halides is 2. The van der Waals surface area contributed by atoms with Crippen LogP contribution in [0.25, 0.3) is 44.8 Å². The lowest BCUT2D eigenvalue weighted by Gasteiger charge is -2.39. The van der Waals surface area contributed by atoms with Gasteiger partial charge in [-0.3, -0.25) is 9.69 Å². The number of carbonyl (C=O) groups excluding carboxylic acids is 3. The molecule has 0 spiro atoms. The van der Waals surface area contributed by atoms with E-state index >= 15 is 8.78 Å². The molecule has 4 aliphatic heterocycles. The molecular weight excluding hydrogens is 891 g/mol. The van der Waals surface area contributed by atoms with Gasteiger partial charge in [-0.25, -0.2) is 19.6 Å². The van der Waals surface area contributed by atoms with Crippen molar-refractivity contribution in [2.24, 2.45) is 11.8 Å². The van der Waals surface area contributed by atoms with Crippen molar-refractivity contribution in [1.29, 1.82) is 0 Å². The van der Waals surface area contributed by atoms with Crippen LogP contribution < -0.4 is 10.6 Å². The summed E-state index contributed by atoms with van der Waals surface area (Å²) >= 11 is 0. The standard InChI is InChI=1S/C51H58F2N8O8/c1-66-49(64)58-43(31-15-21-68-22-16-31)47(62)60-19-3-5-41(60)45-54-27-39(56-45)30-9-7-29(8-10-30)33-11-13-35-36-14-12-34(26-38(36)51(52,53)37(35)25-33)40-28-55-46(57-40)42-6-4-20-61(42)48(63)44(59-50(65)67-2)32-17-23-69-24-18-32/h7-14,25-28,31-32,41-44,47,62H,3-6,15-24H2,1-2H3,(H,54,56)(H,55,57)(H,58,64)(H,59,65)/t41-,42-,43-,44?,47?/m0/s1. The van der Waals surface area contributed by atoms with E-state index in [4.69, 9.17) is 23.9 Å². The molecule has 3 amide bonds. The molecule has 4 saturated heterocycles. The number of alkyl carbamates (subject to hydrolysis) is 2. The van der Waals surface area contributed by atoms with E-state index in [9.17, 15) is 19.5 Å². The SMILES string of the molecule is COC(=O)NC(C(=O)N1CCC[C@H]1c1ncc(-c2ccc3c(c2)C(F)(F)c2cc(-c4ccc(-c5cnc([C@@H]6CCCN6C(O)[C@@H](NC(=O)OC)C6CCOCC6)[nH]5)cc4)ccc2-3)[nH]1)C1CCOCC1. The fourth-order valence-corrected chi connectivity index (χ4v) is 11.1. The monoisotopic (exact) mass is 948 g/mol. The third kappa shape index (κ3) is 9.10. The number of aliphatic hydroxyl groups is 1. The van der Waals surface area contributed by atoms with E-state index in [1.165, 1.54) is 20.3 Å². The molecule has 0 radical (unpaired) electrons. The number of amides is 3. The Morgan fingerprint density at radius 3 is 1.87 bits per heavy atom. The summed E-state index contributed by atoms with van der Waals surface area (Å²) in [5, 5.41) is 17.4. The highest BCUT2D eigenvalue weighted by Gasteiger charge is 2.46. The van der Waals surface area contributed by atoms with Crippen molar-refractivity contribution in [2.45, 2.75) is 87.7 Å². The predicted molar refractivity (Wildman–Crippen MR) is 250 cm³/mol. The van der Waals surface area contributed by atoms with Gasteiger partial charge in [-0.15, -0.1) is 0 Å². The Labute approximate surface area is 398 Å². The number of halogens is 2.